The molecule has 2 amide bonds. The van der Waals surface area contributed by atoms with Crippen molar-refractivity contribution in [3.8, 4) is 17.0 Å². The van der Waals surface area contributed by atoms with Crippen molar-refractivity contribution in [2.45, 2.75) is 6.92 Å². The average molecular weight is 754 g/mol. The van der Waals surface area contributed by atoms with Crippen LogP contribution in [0.5, 0.6) is 5.75 Å². The molecule has 0 aliphatic rings. The number of amides is 2. The van der Waals surface area contributed by atoms with Gasteiger partial charge in [-0.2, -0.15) is 5.10 Å². The molecule has 44 heavy (non-hydrogen) atoms. The van der Waals surface area contributed by atoms with Gasteiger partial charge in [-0.25, -0.2) is 10.4 Å². The predicted molar refractivity (Wildman–Crippen MR) is 184 cm³/mol. The summed E-state index contributed by atoms with van der Waals surface area (Å²) in [6, 6.07) is 25.6. The van der Waals surface area contributed by atoms with Crippen molar-refractivity contribution in [3.05, 3.63) is 121 Å². The molecule has 222 valence electrons. The van der Waals surface area contributed by atoms with Gasteiger partial charge in [0.15, 0.2) is 11.7 Å². The minimum Gasteiger partial charge on any atom is -0.481 e. The monoisotopic (exact) mass is 751 g/mol. The van der Waals surface area contributed by atoms with E-state index in [-0.39, 0.29) is 18.4 Å². The van der Waals surface area contributed by atoms with Gasteiger partial charge in [0, 0.05) is 32.9 Å². The number of nitrogens with one attached hydrogen (secondary N) is 3. The van der Waals surface area contributed by atoms with Crippen LogP contribution in [0, 0.1) is 6.92 Å². The predicted octanol–water partition coefficient (Wildman–Crippen LogP) is 8.82. The van der Waals surface area contributed by atoms with Crippen LogP contribution in [-0.2, 0) is 4.79 Å². The summed E-state index contributed by atoms with van der Waals surface area (Å²) in [5.41, 5.74) is 8.21. The normalized spacial score (nSPS) is 10.9. The number of hydrogen-bond donors (Lipinski definition) is 3. The van der Waals surface area contributed by atoms with Crippen molar-refractivity contribution in [1.82, 2.24) is 10.4 Å². The molecular formula is C32H24Br2ClN5O3S. The Labute approximate surface area is 279 Å². The fourth-order valence-electron chi connectivity index (χ4n) is 3.91. The molecule has 0 aliphatic carbocycles. The Morgan fingerprint density at radius 3 is 2.30 bits per heavy atom. The van der Waals surface area contributed by atoms with E-state index in [1.807, 2.05) is 48.7 Å². The second-order valence-corrected chi connectivity index (χ2v) is 12.5. The van der Waals surface area contributed by atoms with Gasteiger partial charge in [-0.1, -0.05) is 41.4 Å². The first-order valence-electron chi connectivity index (χ1n) is 13.1. The Morgan fingerprint density at radius 2 is 1.61 bits per heavy atom. The highest BCUT2D eigenvalue weighted by Gasteiger charge is 2.12. The number of aryl methyl sites for hydroxylation is 1. The van der Waals surface area contributed by atoms with Crippen LogP contribution < -0.4 is 20.8 Å². The van der Waals surface area contributed by atoms with Crippen LogP contribution in [0.2, 0.25) is 5.02 Å². The van der Waals surface area contributed by atoms with E-state index in [1.165, 1.54) is 23.1 Å². The van der Waals surface area contributed by atoms with Crippen molar-refractivity contribution in [1.29, 1.82) is 0 Å². The maximum Gasteiger partial charge on any atom is 0.271 e. The lowest BCUT2D eigenvalue weighted by Crippen LogP contribution is -2.20. The molecular weight excluding hydrogens is 730 g/mol. The number of rotatable bonds is 10. The van der Waals surface area contributed by atoms with Crippen molar-refractivity contribution < 1.29 is 14.3 Å². The molecule has 5 rings (SSSR count). The van der Waals surface area contributed by atoms with Gasteiger partial charge >= 0.3 is 0 Å². The van der Waals surface area contributed by atoms with Crippen LogP contribution in [-0.4, -0.2) is 29.6 Å². The number of anilines is 3. The van der Waals surface area contributed by atoms with Crippen molar-refractivity contribution >= 4 is 89.3 Å². The number of carbonyl (C=O) groups is 2. The number of hydrazone groups is 1. The molecule has 0 spiro atoms. The zero-order chi connectivity index (χ0) is 31.1. The van der Waals surface area contributed by atoms with E-state index in [9.17, 15) is 9.59 Å². The lowest BCUT2D eigenvalue weighted by atomic mass is 10.1. The third-order valence-corrected chi connectivity index (χ3v) is 8.31. The molecule has 1 heterocycles. The van der Waals surface area contributed by atoms with Gasteiger partial charge < -0.3 is 15.4 Å². The van der Waals surface area contributed by atoms with Gasteiger partial charge in [0.05, 0.1) is 20.9 Å². The van der Waals surface area contributed by atoms with E-state index in [0.717, 1.165) is 22.1 Å². The number of halogens is 3. The van der Waals surface area contributed by atoms with Crippen LogP contribution in [0.15, 0.2) is 104 Å². The topological polar surface area (TPSA) is 105 Å². The third-order valence-electron chi connectivity index (χ3n) is 6.13. The SMILES string of the molecule is Cc1ccc(Nc2nc(-c3ccc(C(=O)N/N=C/c4cc(Br)c(OCC(=O)Nc5ccc(Cl)cc5)c(Br)c4)cc3)cs2)cc1. The average Bonchev–Trinajstić information content (AvgIpc) is 3.47. The van der Waals surface area contributed by atoms with E-state index in [1.54, 1.807) is 48.5 Å². The first-order valence-corrected chi connectivity index (χ1v) is 16.0. The third kappa shape index (κ3) is 8.54. The Balaban J connectivity index is 1.13. The number of hydrogen-bond acceptors (Lipinski definition) is 7. The maximum atomic E-state index is 12.7. The fourth-order valence-corrected chi connectivity index (χ4v) is 6.22. The fraction of sp³-hybridized carbons (Fsp3) is 0.0625. The highest BCUT2D eigenvalue weighted by molar-refractivity contribution is 9.11. The van der Waals surface area contributed by atoms with Crippen LogP contribution >= 0.6 is 54.8 Å². The number of carbonyl (C=O) groups excluding carboxylic acids is 2. The Hall–Kier alpha value is -4.03. The summed E-state index contributed by atoms with van der Waals surface area (Å²) >= 11 is 14.3. The molecule has 0 aliphatic heterocycles. The number of benzene rings is 4. The molecule has 0 atom stereocenters. The van der Waals surface area contributed by atoms with Crippen molar-refractivity contribution in [3.63, 3.8) is 0 Å². The zero-order valence-corrected chi connectivity index (χ0v) is 27.9. The Bertz CT molecular complexity index is 1790. The molecule has 0 saturated heterocycles. The van der Waals surface area contributed by atoms with Gasteiger partial charge in [-0.05, 0) is 105 Å². The summed E-state index contributed by atoms with van der Waals surface area (Å²) in [6.45, 7) is 1.85. The standard InChI is InChI=1S/C32H24Br2ClN5O3S/c1-19-2-10-25(11-3-19)38-32-39-28(18-44-32)21-4-6-22(7-5-21)31(42)40-36-16-20-14-26(33)30(27(34)15-20)43-17-29(41)37-24-12-8-23(35)9-13-24/h2-16,18H,17H2,1H3,(H,37,41)(H,38,39)(H,40,42)/b36-16+. The summed E-state index contributed by atoms with van der Waals surface area (Å²) in [6.07, 6.45) is 1.51. The molecule has 8 nitrogen and oxygen atoms in total. The molecule has 0 unspecified atom stereocenters. The number of aromatic nitrogens is 1. The highest BCUT2D eigenvalue weighted by atomic mass is 79.9. The minimum atomic E-state index is -0.349. The van der Waals surface area contributed by atoms with Gasteiger partial charge in [0.1, 0.15) is 5.75 Å². The second kappa shape index (κ2) is 14.6. The first-order chi connectivity index (χ1) is 21.2. The van der Waals surface area contributed by atoms with Crippen LogP contribution in [0.3, 0.4) is 0 Å². The molecule has 12 heteroatoms. The van der Waals surface area contributed by atoms with Gasteiger partial charge in [-0.3, -0.25) is 9.59 Å². The number of thiazole rings is 1. The van der Waals surface area contributed by atoms with Gasteiger partial charge in [-0.15, -0.1) is 11.3 Å². The molecule has 0 fully saturated rings. The van der Waals surface area contributed by atoms with E-state index < -0.39 is 0 Å². The van der Waals surface area contributed by atoms with Crippen LogP contribution in [0.1, 0.15) is 21.5 Å². The summed E-state index contributed by atoms with van der Waals surface area (Å²) in [5.74, 6) is -0.216. The van der Waals surface area contributed by atoms with Crippen LogP contribution in [0.25, 0.3) is 11.3 Å². The van der Waals surface area contributed by atoms with Crippen molar-refractivity contribution in [2.24, 2.45) is 5.10 Å². The summed E-state index contributed by atoms with van der Waals surface area (Å²) in [7, 11) is 0. The smallest absolute Gasteiger partial charge is 0.271 e. The van der Waals surface area contributed by atoms with E-state index in [4.69, 9.17) is 16.3 Å². The van der Waals surface area contributed by atoms with Gasteiger partial charge in [0.25, 0.3) is 11.8 Å². The minimum absolute atomic E-state index is 0.198. The molecule has 0 bridgehead atoms. The largest absolute Gasteiger partial charge is 0.481 e. The second-order valence-electron chi connectivity index (χ2n) is 9.46. The summed E-state index contributed by atoms with van der Waals surface area (Å²) in [4.78, 5) is 29.6. The Kier molecular flexibility index (Phi) is 10.4. The van der Waals surface area contributed by atoms with E-state index in [2.05, 4.69) is 58.0 Å². The maximum absolute atomic E-state index is 12.7. The van der Waals surface area contributed by atoms with E-state index in [0.29, 0.717) is 36.5 Å². The zero-order valence-electron chi connectivity index (χ0n) is 23.1. The summed E-state index contributed by atoms with van der Waals surface area (Å²) in [5, 5.41) is 13.5. The van der Waals surface area contributed by atoms with Crippen LogP contribution in [0.4, 0.5) is 16.5 Å². The lowest BCUT2D eigenvalue weighted by molar-refractivity contribution is -0.118. The molecule has 0 radical (unpaired) electrons. The summed E-state index contributed by atoms with van der Waals surface area (Å²) < 4.78 is 6.91. The molecule has 5 aromatic rings. The highest BCUT2D eigenvalue weighted by Crippen LogP contribution is 2.34. The van der Waals surface area contributed by atoms with Crippen molar-refractivity contribution in [2.75, 3.05) is 17.2 Å². The molecule has 4 aromatic carbocycles. The number of ether oxygens (including phenoxy) is 1. The number of nitrogens with zero attached hydrogens (tertiary/aromatic N) is 2. The van der Waals surface area contributed by atoms with E-state index >= 15 is 0 Å². The Morgan fingerprint density at radius 1 is 0.955 bits per heavy atom. The first kappa shape index (κ1) is 31.4. The lowest BCUT2D eigenvalue weighted by Gasteiger charge is -2.11. The van der Waals surface area contributed by atoms with Gasteiger partial charge in [0.2, 0.25) is 0 Å². The molecule has 3 N–H and O–H groups in total. The molecule has 0 saturated carbocycles. The quantitative estimate of drug-likeness (QED) is 0.0977. The molecule has 1 aromatic heterocycles.